The van der Waals surface area contributed by atoms with Crippen LogP contribution in [0.1, 0.15) is 37.3 Å². The molecule has 1 aliphatic carbocycles. The van der Waals surface area contributed by atoms with E-state index in [9.17, 15) is 0 Å². The van der Waals surface area contributed by atoms with E-state index in [0.29, 0.717) is 0 Å². The van der Waals surface area contributed by atoms with E-state index in [1.807, 2.05) is 42.5 Å². The molecule has 2 aromatic rings. The van der Waals surface area contributed by atoms with Gasteiger partial charge in [0.05, 0.1) is 5.69 Å². The highest BCUT2D eigenvalue weighted by molar-refractivity contribution is 5.63. The minimum atomic E-state index is -0.0577. The number of rotatable bonds is 0. The zero-order valence-electron chi connectivity index (χ0n) is 13.0. The Hall–Kier alpha value is -2.66. The van der Waals surface area contributed by atoms with Gasteiger partial charge in [-0.2, -0.15) is 0 Å². The predicted octanol–water partition coefficient (Wildman–Crippen LogP) is 5.45. The maximum atomic E-state index is 6.08. The van der Waals surface area contributed by atoms with Crippen molar-refractivity contribution in [1.82, 2.24) is 0 Å². The number of allylic oxidation sites excluding steroid dienone is 2. The first-order valence-corrected chi connectivity index (χ1v) is 8.23. The lowest BCUT2D eigenvalue weighted by molar-refractivity contribution is 0.483. The zero-order chi connectivity index (χ0) is 15.5. The van der Waals surface area contributed by atoms with Gasteiger partial charge in [-0.25, -0.2) is 0 Å². The van der Waals surface area contributed by atoms with Crippen molar-refractivity contribution in [2.24, 2.45) is 0 Å². The Balaban J connectivity index is 1.73. The maximum Gasteiger partial charge on any atom is 0.150 e. The summed E-state index contributed by atoms with van der Waals surface area (Å²) in [5.74, 6) is 8.53. The molecule has 1 aliphatic heterocycles. The van der Waals surface area contributed by atoms with Crippen molar-refractivity contribution in [3.63, 3.8) is 0 Å². The van der Waals surface area contributed by atoms with Gasteiger partial charge in [0.1, 0.15) is 11.8 Å². The second-order valence-corrected chi connectivity index (χ2v) is 5.96. The molecular formula is C21H19NO. The largest absolute Gasteiger partial charge is 0.455 e. The van der Waals surface area contributed by atoms with Gasteiger partial charge in [0.25, 0.3) is 0 Å². The van der Waals surface area contributed by atoms with Crippen molar-refractivity contribution < 1.29 is 4.74 Å². The van der Waals surface area contributed by atoms with Crippen LogP contribution in [0.15, 0.2) is 60.2 Å². The van der Waals surface area contributed by atoms with E-state index in [0.717, 1.165) is 35.6 Å². The third-order valence-electron chi connectivity index (χ3n) is 4.30. The summed E-state index contributed by atoms with van der Waals surface area (Å²) >= 11 is 0. The van der Waals surface area contributed by atoms with Gasteiger partial charge < -0.3 is 10.1 Å². The minimum Gasteiger partial charge on any atom is -0.455 e. The number of fused-ring (bicyclic) bond motifs is 2. The summed E-state index contributed by atoms with van der Waals surface area (Å²) in [6.45, 7) is 0. The second kappa shape index (κ2) is 6.22. The van der Waals surface area contributed by atoms with Gasteiger partial charge in [-0.1, -0.05) is 48.2 Å². The quantitative estimate of drug-likeness (QED) is 0.653. The fourth-order valence-electron chi connectivity index (χ4n) is 3.07. The molecule has 4 rings (SSSR count). The third-order valence-corrected chi connectivity index (χ3v) is 4.30. The minimum absolute atomic E-state index is 0.0577. The zero-order valence-corrected chi connectivity index (χ0v) is 13.0. The number of ether oxygens (including phenoxy) is 1. The molecule has 0 fully saturated rings. The van der Waals surface area contributed by atoms with Crippen LogP contribution in [0.25, 0.3) is 0 Å². The molecule has 2 aliphatic rings. The van der Waals surface area contributed by atoms with E-state index in [2.05, 4.69) is 29.3 Å². The van der Waals surface area contributed by atoms with Crippen LogP contribution in [-0.2, 0) is 0 Å². The second-order valence-electron chi connectivity index (χ2n) is 5.96. The van der Waals surface area contributed by atoms with Crippen LogP contribution in [0.5, 0.6) is 11.5 Å². The SMILES string of the molecule is C(#C[C@H]1Nc2ccccc2Oc2ccccc21)C1=CCCCC1. The number of nitrogens with one attached hydrogen (secondary N) is 1. The molecule has 0 amide bonds. The Morgan fingerprint density at radius 2 is 1.78 bits per heavy atom. The third kappa shape index (κ3) is 2.96. The van der Waals surface area contributed by atoms with E-state index in [-0.39, 0.29) is 6.04 Å². The summed E-state index contributed by atoms with van der Waals surface area (Å²) in [6.07, 6.45) is 7.08. The number of anilines is 1. The van der Waals surface area contributed by atoms with Gasteiger partial charge in [0.2, 0.25) is 0 Å². The molecule has 114 valence electrons. The van der Waals surface area contributed by atoms with Crippen molar-refractivity contribution >= 4 is 5.69 Å². The standard InChI is InChI=1S/C21H19NO/c1-2-8-16(9-3-1)14-15-18-17-10-4-6-12-20(17)23-21-13-7-5-11-19(21)22-18/h4-8,10-13,18,22H,1-3,9H2/t18-/m1/s1. The van der Waals surface area contributed by atoms with E-state index in [1.165, 1.54) is 18.4 Å². The summed E-state index contributed by atoms with van der Waals surface area (Å²) in [6, 6.07) is 16.1. The fourth-order valence-corrected chi connectivity index (χ4v) is 3.07. The maximum absolute atomic E-state index is 6.08. The molecule has 23 heavy (non-hydrogen) atoms. The first-order valence-electron chi connectivity index (χ1n) is 8.23. The molecule has 0 radical (unpaired) electrons. The van der Waals surface area contributed by atoms with E-state index in [4.69, 9.17) is 4.74 Å². The summed E-state index contributed by atoms with van der Waals surface area (Å²) in [5.41, 5.74) is 3.35. The molecule has 0 unspecified atom stereocenters. The molecule has 2 nitrogen and oxygen atoms in total. The fraction of sp³-hybridized carbons (Fsp3) is 0.238. The molecule has 2 aromatic carbocycles. The Bertz CT molecular complexity index is 810. The van der Waals surface area contributed by atoms with Gasteiger partial charge in [0, 0.05) is 5.56 Å². The van der Waals surface area contributed by atoms with E-state index < -0.39 is 0 Å². The molecular weight excluding hydrogens is 282 g/mol. The van der Waals surface area contributed by atoms with Crippen LogP contribution in [0.2, 0.25) is 0 Å². The predicted molar refractivity (Wildman–Crippen MR) is 93.6 cm³/mol. The van der Waals surface area contributed by atoms with Crippen LogP contribution >= 0.6 is 0 Å². The van der Waals surface area contributed by atoms with Crippen LogP contribution in [0, 0.1) is 11.8 Å². The molecule has 0 aromatic heterocycles. The monoisotopic (exact) mass is 301 g/mol. The topological polar surface area (TPSA) is 21.3 Å². The summed E-state index contributed by atoms with van der Waals surface area (Å²) in [5, 5.41) is 3.53. The normalized spacial score (nSPS) is 18.8. The van der Waals surface area contributed by atoms with Gasteiger partial charge in [-0.3, -0.25) is 0 Å². The van der Waals surface area contributed by atoms with Crippen molar-refractivity contribution in [2.75, 3.05) is 5.32 Å². The highest BCUT2D eigenvalue weighted by Gasteiger charge is 2.20. The van der Waals surface area contributed by atoms with Crippen LogP contribution < -0.4 is 10.1 Å². The van der Waals surface area contributed by atoms with Crippen molar-refractivity contribution in [2.45, 2.75) is 31.7 Å². The smallest absolute Gasteiger partial charge is 0.150 e. The average Bonchev–Trinajstić information content (AvgIpc) is 2.77. The van der Waals surface area contributed by atoms with Crippen molar-refractivity contribution in [3.05, 3.63) is 65.7 Å². The Morgan fingerprint density at radius 1 is 0.957 bits per heavy atom. The Morgan fingerprint density at radius 3 is 2.65 bits per heavy atom. The lowest BCUT2D eigenvalue weighted by atomic mass is 9.99. The highest BCUT2D eigenvalue weighted by atomic mass is 16.5. The Labute approximate surface area is 137 Å². The van der Waals surface area contributed by atoms with Crippen LogP contribution in [0.3, 0.4) is 0 Å². The molecule has 1 heterocycles. The van der Waals surface area contributed by atoms with Gasteiger partial charge in [-0.15, -0.1) is 0 Å². The number of hydrogen-bond donors (Lipinski definition) is 1. The van der Waals surface area contributed by atoms with Crippen LogP contribution in [0.4, 0.5) is 5.69 Å². The summed E-state index contributed by atoms with van der Waals surface area (Å²) in [7, 11) is 0. The van der Waals surface area contributed by atoms with E-state index in [1.54, 1.807) is 0 Å². The van der Waals surface area contributed by atoms with Crippen molar-refractivity contribution in [3.8, 4) is 23.3 Å². The molecule has 0 spiro atoms. The summed E-state index contributed by atoms with van der Waals surface area (Å²) in [4.78, 5) is 0. The van der Waals surface area contributed by atoms with Gasteiger partial charge >= 0.3 is 0 Å². The molecule has 1 N–H and O–H groups in total. The average molecular weight is 301 g/mol. The van der Waals surface area contributed by atoms with Crippen molar-refractivity contribution in [1.29, 1.82) is 0 Å². The summed E-state index contributed by atoms with van der Waals surface area (Å²) < 4.78 is 6.08. The van der Waals surface area contributed by atoms with E-state index >= 15 is 0 Å². The highest BCUT2D eigenvalue weighted by Crippen LogP contribution is 2.39. The lowest BCUT2D eigenvalue weighted by Crippen LogP contribution is -2.07. The van der Waals surface area contributed by atoms with Crippen LogP contribution in [-0.4, -0.2) is 0 Å². The number of para-hydroxylation sites is 3. The number of hydrogen-bond acceptors (Lipinski definition) is 2. The molecule has 0 bridgehead atoms. The molecule has 0 saturated carbocycles. The first kappa shape index (κ1) is 14.0. The lowest BCUT2D eigenvalue weighted by Gasteiger charge is -2.13. The first-order chi connectivity index (χ1) is 11.4. The molecule has 2 heteroatoms. The Kier molecular flexibility index (Phi) is 3.78. The molecule has 1 atom stereocenters. The molecule has 0 saturated heterocycles. The van der Waals surface area contributed by atoms with Gasteiger partial charge in [-0.05, 0) is 49.5 Å². The number of benzene rings is 2. The van der Waals surface area contributed by atoms with Gasteiger partial charge in [0.15, 0.2) is 5.75 Å².